The van der Waals surface area contributed by atoms with Gasteiger partial charge in [0.05, 0.1) is 12.3 Å². The fourth-order valence-electron chi connectivity index (χ4n) is 2.83. The lowest BCUT2D eigenvalue weighted by atomic mass is 9.84. The fourth-order valence-corrected chi connectivity index (χ4v) is 2.83. The van der Waals surface area contributed by atoms with Crippen LogP contribution in [0.15, 0.2) is 24.3 Å². The second-order valence-corrected chi connectivity index (χ2v) is 5.52. The van der Waals surface area contributed by atoms with Gasteiger partial charge in [0, 0.05) is 11.7 Å². The highest BCUT2D eigenvalue weighted by atomic mass is 19.4. The molecule has 0 radical (unpaired) electrons. The number of hydrogen-bond donors (Lipinski definition) is 2. The summed E-state index contributed by atoms with van der Waals surface area (Å²) in [4.78, 5) is 10.8. The SMILES string of the molecule is NC(=O)Cc1ccc(NC2CCCCC2C(F)(F)F)cc1. The van der Waals surface area contributed by atoms with E-state index in [-0.39, 0.29) is 12.8 Å². The number of benzene rings is 1. The summed E-state index contributed by atoms with van der Waals surface area (Å²) in [5.41, 5.74) is 6.50. The Morgan fingerprint density at radius 1 is 1.19 bits per heavy atom. The Labute approximate surface area is 121 Å². The van der Waals surface area contributed by atoms with Crippen LogP contribution in [-0.4, -0.2) is 18.1 Å². The Hall–Kier alpha value is -1.72. The van der Waals surface area contributed by atoms with Crippen molar-refractivity contribution in [2.45, 2.75) is 44.3 Å². The largest absolute Gasteiger partial charge is 0.393 e. The van der Waals surface area contributed by atoms with E-state index in [1.807, 2.05) is 0 Å². The van der Waals surface area contributed by atoms with E-state index in [2.05, 4.69) is 5.32 Å². The number of amides is 1. The van der Waals surface area contributed by atoms with Crippen molar-refractivity contribution < 1.29 is 18.0 Å². The summed E-state index contributed by atoms with van der Waals surface area (Å²) in [5, 5.41) is 2.98. The molecule has 0 heterocycles. The molecule has 0 bridgehead atoms. The molecule has 1 aromatic rings. The van der Waals surface area contributed by atoms with Crippen molar-refractivity contribution in [2.24, 2.45) is 11.7 Å². The van der Waals surface area contributed by atoms with Crippen LogP contribution in [0.4, 0.5) is 18.9 Å². The number of hydrogen-bond acceptors (Lipinski definition) is 2. The molecule has 0 saturated heterocycles. The van der Waals surface area contributed by atoms with Gasteiger partial charge in [0.1, 0.15) is 0 Å². The quantitative estimate of drug-likeness (QED) is 0.897. The average molecular weight is 300 g/mol. The maximum absolute atomic E-state index is 13.0. The summed E-state index contributed by atoms with van der Waals surface area (Å²) in [7, 11) is 0. The number of carbonyl (C=O) groups excluding carboxylic acids is 1. The molecule has 2 unspecified atom stereocenters. The van der Waals surface area contributed by atoms with Gasteiger partial charge in [-0.1, -0.05) is 25.0 Å². The summed E-state index contributed by atoms with van der Waals surface area (Å²) in [6.45, 7) is 0. The predicted molar refractivity (Wildman–Crippen MR) is 74.8 cm³/mol. The molecule has 0 aliphatic heterocycles. The number of anilines is 1. The first kappa shape index (κ1) is 15.7. The molecule has 1 fully saturated rings. The van der Waals surface area contributed by atoms with Crippen molar-refractivity contribution in [1.82, 2.24) is 0 Å². The van der Waals surface area contributed by atoms with Gasteiger partial charge in [0.2, 0.25) is 5.91 Å². The molecule has 21 heavy (non-hydrogen) atoms. The number of alkyl halides is 3. The van der Waals surface area contributed by atoms with Gasteiger partial charge in [-0.2, -0.15) is 13.2 Å². The van der Waals surface area contributed by atoms with Crippen molar-refractivity contribution >= 4 is 11.6 Å². The smallest absolute Gasteiger partial charge is 0.382 e. The maximum Gasteiger partial charge on any atom is 0.393 e. The molecule has 6 heteroatoms. The maximum atomic E-state index is 13.0. The van der Waals surface area contributed by atoms with Crippen LogP contribution < -0.4 is 11.1 Å². The fraction of sp³-hybridized carbons (Fsp3) is 0.533. The molecule has 3 N–H and O–H groups in total. The summed E-state index contributed by atoms with van der Waals surface area (Å²) >= 11 is 0. The number of primary amides is 1. The second kappa shape index (κ2) is 6.37. The first-order valence-electron chi connectivity index (χ1n) is 7.07. The van der Waals surface area contributed by atoms with Crippen LogP contribution in [0, 0.1) is 5.92 Å². The van der Waals surface area contributed by atoms with Crippen LogP contribution in [-0.2, 0) is 11.2 Å². The van der Waals surface area contributed by atoms with Crippen LogP contribution in [0.2, 0.25) is 0 Å². The number of nitrogens with two attached hydrogens (primary N) is 1. The van der Waals surface area contributed by atoms with Gasteiger partial charge >= 0.3 is 6.18 Å². The van der Waals surface area contributed by atoms with Crippen LogP contribution in [0.5, 0.6) is 0 Å². The standard InChI is InChI=1S/C15H19F3N2O/c16-15(17,18)12-3-1-2-4-13(12)20-11-7-5-10(6-8-11)9-14(19)21/h5-8,12-13,20H,1-4,9H2,(H2,19,21). The Morgan fingerprint density at radius 3 is 2.38 bits per heavy atom. The van der Waals surface area contributed by atoms with Crippen molar-refractivity contribution in [3.8, 4) is 0 Å². The molecular weight excluding hydrogens is 281 g/mol. The third-order valence-electron chi connectivity index (χ3n) is 3.87. The highest BCUT2D eigenvalue weighted by Gasteiger charge is 2.45. The Morgan fingerprint density at radius 2 is 1.81 bits per heavy atom. The lowest BCUT2D eigenvalue weighted by Crippen LogP contribution is -2.41. The topological polar surface area (TPSA) is 55.1 Å². The molecule has 116 valence electrons. The Balaban J connectivity index is 2.03. The lowest BCUT2D eigenvalue weighted by Gasteiger charge is -2.34. The molecule has 1 aliphatic carbocycles. The molecule has 2 atom stereocenters. The van der Waals surface area contributed by atoms with Gasteiger partial charge in [-0.15, -0.1) is 0 Å². The molecule has 2 rings (SSSR count). The molecular formula is C15H19F3N2O. The van der Waals surface area contributed by atoms with E-state index >= 15 is 0 Å². The van der Waals surface area contributed by atoms with Crippen molar-refractivity contribution in [3.05, 3.63) is 29.8 Å². The number of carbonyl (C=O) groups is 1. The highest BCUT2D eigenvalue weighted by molar-refractivity contribution is 5.76. The summed E-state index contributed by atoms with van der Waals surface area (Å²) in [6.07, 6.45) is -1.89. The minimum atomic E-state index is -4.16. The first-order valence-corrected chi connectivity index (χ1v) is 7.07. The van der Waals surface area contributed by atoms with Crippen LogP contribution >= 0.6 is 0 Å². The van der Waals surface area contributed by atoms with Gasteiger partial charge in [0.15, 0.2) is 0 Å². The lowest BCUT2D eigenvalue weighted by molar-refractivity contribution is -0.184. The zero-order valence-corrected chi connectivity index (χ0v) is 11.6. The normalized spacial score (nSPS) is 22.8. The van der Waals surface area contributed by atoms with Gasteiger partial charge in [-0.3, -0.25) is 4.79 Å². The molecule has 0 spiro atoms. The molecule has 0 aromatic heterocycles. The molecule has 1 amide bonds. The third-order valence-corrected chi connectivity index (χ3v) is 3.87. The van der Waals surface area contributed by atoms with Crippen LogP contribution in [0.25, 0.3) is 0 Å². The first-order chi connectivity index (χ1) is 9.86. The van der Waals surface area contributed by atoms with Crippen molar-refractivity contribution in [2.75, 3.05) is 5.32 Å². The van der Waals surface area contributed by atoms with E-state index in [1.54, 1.807) is 24.3 Å². The number of halogens is 3. The van der Waals surface area contributed by atoms with Gasteiger partial charge in [-0.25, -0.2) is 0 Å². The van der Waals surface area contributed by atoms with E-state index in [0.29, 0.717) is 18.5 Å². The van der Waals surface area contributed by atoms with Gasteiger partial charge < -0.3 is 11.1 Å². The van der Waals surface area contributed by atoms with Crippen LogP contribution in [0.3, 0.4) is 0 Å². The molecule has 1 aliphatic rings. The molecule has 1 saturated carbocycles. The number of nitrogens with one attached hydrogen (secondary N) is 1. The van der Waals surface area contributed by atoms with E-state index < -0.39 is 24.0 Å². The molecule has 1 aromatic carbocycles. The Kier molecular flexibility index (Phi) is 4.75. The van der Waals surface area contributed by atoms with E-state index in [0.717, 1.165) is 12.0 Å². The van der Waals surface area contributed by atoms with Gasteiger partial charge in [-0.05, 0) is 30.5 Å². The predicted octanol–water partition coefficient (Wildman–Crippen LogP) is 3.25. The minimum Gasteiger partial charge on any atom is -0.382 e. The Bertz CT molecular complexity index is 485. The molecule has 3 nitrogen and oxygen atoms in total. The average Bonchev–Trinajstić information content (AvgIpc) is 2.40. The highest BCUT2D eigenvalue weighted by Crippen LogP contribution is 2.39. The van der Waals surface area contributed by atoms with Gasteiger partial charge in [0.25, 0.3) is 0 Å². The van der Waals surface area contributed by atoms with Crippen molar-refractivity contribution in [1.29, 1.82) is 0 Å². The zero-order chi connectivity index (χ0) is 15.5. The van der Waals surface area contributed by atoms with E-state index in [4.69, 9.17) is 5.73 Å². The summed E-state index contributed by atoms with van der Waals surface area (Å²) < 4.78 is 39.0. The summed E-state index contributed by atoms with van der Waals surface area (Å²) in [6, 6.07) is 6.22. The summed E-state index contributed by atoms with van der Waals surface area (Å²) in [5.74, 6) is -1.73. The second-order valence-electron chi connectivity index (χ2n) is 5.52. The van der Waals surface area contributed by atoms with E-state index in [1.165, 1.54) is 0 Å². The van der Waals surface area contributed by atoms with Crippen molar-refractivity contribution in [3.63, 3.8) is 0 Å². The zero-order valence-electron chi connectivity index (χ0n) is 11.6. The minimum absolute atomic E-state index is 0.134. The van der Waals surface area contributed by atoms with E-state index in [9.17, 15) is 18.0 Å². The van der Waals surface area contributed by atoms with Crippen LogP contribution in [0.1, 0.15) is 31.2 Å². The monoisotopic (exact) mass is 300 g/mol. The third kappa shape index (κ3) is 4.37. The number of rotatable bonds is 4.